The molecular formula is C15H19BrN2O3. The first-order chi connectivity index (χ1) is 9.78. The van der Waals surface area contributed by atoms with Gasteiger partial charge in [-0.2, -0.15) is 0 Å². The fourth-order valence-corrected chi connectivity index (χ4v) is 3.48. The maximum Gasteiger partial charge on any atom is 0.311 e. The molecule has 3 N–H and O–H groups in total. The Kier molecular flexibility index (Phi) is 4.27. The smallest absolute Gasteiger partial charge is 0.311 e. The molecule has 1 amide bonds. The molecule has 114 valence electrons. The van der Waals surface area contributed by atoms with Gasteiger partial charge < -0.3 is 15.7 Å². The number of aliphatic carboxylic acids is 1. The largest absolute Gasteiger partial charge is 0.481 e. The van der Waals surface area contributed by atoms with Gasteiger partial charge in [0.2, 0.25) is 5.91 Å². The highest BCUT2D eigenvalue weighted by atomic mass is 79.9. The maximum atomic E-state index is 11.7. The number of anilines is 1. The van der Waals surface area contributed by atoms with E-state index in [1.54, 1.807) is 12.1 Å². The lowest BCUT2D eigenvalue weighted by atomic mass is 9.76. The molecule has 21 heavy (non-hydrogen) atoms. The van der Waals surface area contributed by atoms with Crippen molar-refractivity contribution in [3.8, 4) is 0 Å². The van der Waals surface area contributed by atoms with E-state index in [0.29, 0.717) is 25.1 Å². The van der Waals surface area contributed by atoms with E-state index in [-0.39, 0.29) is 5.92 Å². The quantitative estimate of drug-likeness (QED) is 0.869. The van der Waals surface area contributed by atoms with Crippen molar-refractivity contribution in [2.45, 2.75) is 20.3 Å². The normalized spacial score (nSPS) is 21.8. The summed E-state index contributed by atoms with van der Waals surface area (Å²) in [5.41, 5.74) is 5.86. The Balaban J connectivity index is 2.29. The SMILES string of the molecule is CC(C)C1(C(=O)O)CCN(c2ccc(C(N)=O)cc2Br)C1. The molecule has 1 aromatic carbocycles. The van der Waals surface area contributed by atoms with E-state index in [2.05, 4.69) is 15.9 Å². The molecule has 1 heterocycles. The minimum Gasteiger partial charge on any atom is -0.481 e. The summed E-state index contributed by atoms with van der Waals surface area (Å²) >= 11 is 3.44. The zero-order valence-electron chi connectivity index (χ0n) is 12.1. The zero-order chi connectivity index (χ0) is 15.8. The summed E-state index contributed by atoms with van der Waals surface area (Å²) in [7, 11) is 0. The molecule has 1 aliphatic heterocycles. The monoisotopic (exact) mass is 354 g/mol. The Bertz CT molecular complexity index is 588. The van der Waals surface area contributed by atoms with Gasteiger partial charge in [0.25, 0.3) is 0 Å². The van der Waals surface area contributed by atoms with Crippen molar-refractivity contribution in [1.82, 2.24) is 0 Å². The molecule has 2 rings (SSSR count). The molecule has 1 unspecified atom stereocenters. The van der Waals surface area contributed by atoms with Crippen molar-refractivity contribution in [1.29, 1.82) is 0 Å². The van der Waals surface area contributed by atoms with Gasteiger partial charge in [0.15, 0.2) is 0 Å². The number of nitrogens with two attached hydrogens (primary N) is 1. The Morgan fingerprint density at radius 3 is 2.52 bits per heavy atom. The van der Waals surface area contributed by atoms with E-state index in [0.717, 1.165) is 10.2 Å². The van der Waals surface area contributed by atoms with E-state index in [1.165, 1.54) is 0 Å². The van der Waals surface area contributed by atoms with Crippen LogP contribution in [0.15, 0.2) is 22.7 Å². The lowest BCUT2D eigenvalue weighted by Crippen LogP contribution is -2.39. The number of carbonyl (C=O) groups excluding carboxylic acids is 1. The van der Waals surface area contributed by atoms with Crippen molar-refractivity contribution in [3.63, 3.8) is 0 Å². The summed E-state index contributed by atoms with van der Waals surface area (Å²) in [6.07, 6.45) is 0.615. The summed E-state index contributed by atoms with van der Waals surface area (Å²) in [6, 6.07) is 5.15. The number of rotatable bonds is 4. The number of carbonyl (C=O) groups is 2. The summed E-state index contributed by atoms with van der Waals surface area (Å²) in [4.78, 5) is 24.9. The Hall–Kier alpha value is -1.56. The summed E-state index contributed by atoms with van der Waals surface area (Å²) in [5.74, 6) is -1.17. The molecule has 0 aliphatic carbocycles. The van der Waals surface area contributed by atoms with Crippen LogP contribution in [-0.4, -0.2) is 30.1 Å². The van der Waals surface area contributed by atoms with Crippen LogP contribution in [0.3, 0.4) is 0 Å². The van der Waals surface area contributed by atoms with Gasteiger partial charge in [-0.15, -0.1) is 0 Å². The lowest BCUT2D eigenvalue weighted by molar-refractivity contribution is -0.150. The van der Waals surface area contributed by atoms with E-state index in [9.17, 15) is 14.7 Å². The predicted molar refractivity (Wildman–Crippen MR) is 84.4 cm³/mol. The van der Waals surface area contributed by atoms with Gasteiger partial charge in [0.05, 0.1) is 11.1 Å². The van der Waals surface area contributed by atoms with Crippen LogP contribution >= 0.6 is 15.9 Å². The third-order valence-corrected chi connectivity index (χ3v) is 5.04. The zero-order valence-corrected chi connectivity index (χ0v) is 13.7. The fraction of sp³-hybridized carbons (Fsp3) is 0.467. The number of carboxylic acids is 1. The highest BCUT2D eigenvalue weighted by molar-refractivity contribution is 9.10. The van der Waals surface area contributed by atoms with Crippen LogP contribution < -0.4 is 10.6 Å². The summed E-state index contributed by atoms with van der Waals surface area (Å²) in [6.45, 7) is 5.04. The second-order valence-corrected chi connectivity index (χ2v) is 6.67. The van der Waals surface area contributed by atoms with Crippen molar-refractivity contribution in [2.75, 3.05) is 18.0 Å². The van der Waals surface area contributed by atoms with E-state index >= 15 is 0 Å². The van der Waals surface area contributed by atoms with Crippen molar-refractivity contribution in [3.05, 3.63) is 28.2 Å². The molecule has 0 saturated carbocycles. The molecule has 5 nitrogen and oxygen atoms in total. The van der Waals surface area contributed by atoms with Crippen LogP contribution in [0.1, 0.15) is 30.6 Å². The number of carboxylic acid groups (broad SMARTS) is 1. The second kappa shape index (κ2) is 5.67. The molecule has 1 aliphatic rings. The Morgan fingerprint density at radius 2 is 2.10 bits per heavy atom. The van der Waals surface area contributed by atoms with Crippen molar-refractivity contribution >= 4 is 33.5 Å². The van der Waals surface area contributed by atoms with Crippen LogP contribution in [-0.2, 0) is 4.79 Å². The number of hydrogen-bond donors (Lipinski definition) is 2. The Labute approximate surface area is 132 Å². The fourth-order valence-electron chi connectivity index (χ4n) is 2.85. The van der Waals surface area contributed by atoms with Gasteiger partial charge in [-0.3, -0.25) is 9.59 Å². The number of nitrogens with zero attached hydrogens (tertiary/aromatic N) is 1. The highest BCUT2D eigenvalue weighted by Gasteiger charge is 2.47. The van der Waals surface area contributed by atoms with Gasteiger partial charge >= 0.3 is 5.97 Å². The average molecular weight is 355 g/mol. The molecule has 0 spiro atoms. The molecule has 1 fully saturated rings. The Morgan fingerprint density at radius 1 is 1.43 bits per heavy atom. The number of benzene rings is 1. The second-order valence-electron chi connectivity index (χ2n) is 5.82. The van der Waals surface area contributed by atoms with Crippen LogP contribution in [0.2, 0.25) is 0 Å². The first-order valence-electron chi connectivity index (χ1n) is 6.85. The number of halogens is 1. The minimum atomic E-state index is -0.745. The van der Waals surface area contributed by atoms with E-state index in [1.807, 2.05) is 24.8 Å². The van der Waals surface area contributed by atoms with E-state index < -0.39 is 17.3 Å². The standard InChI is InChI=1S/C15H19BrN2O3/c1-9(2)15(14(20)21)5-6-18(8-15)12-4-3-10(13(17)19)7-11(12)16/h3-4,7,9H,5-6,8H2,1-2H3,(H2,17,19)(H,20,21). The third-order valence-electron chi connectivity index (χ3n) is 4.40. The number of primary amides is 1. The molecule has 6 heteroatoms. The predicted octanol–water partition coefficient (Wildman–Crippen LogP) is 2.49. The lowest BCUT2D eigenvalue weighted by Gasteiger charge is -2.29. The van der Waals surface area contributed by atoms with Gasteiger partial charge in [-0.25, -0.2) is 0 Å². The average Bonchev–Trinajstić information content (AvgIpc) is 2.84. The first kappa shape index (κ1) is 15.8. The molecule has 0 aromatic heterocycles. The molecule has 0 bridgehead atoms. The van der Waals surface area contributed by atoms with Gasteiger partial charge in [0.1, 0.15) is 0 Å². The van der Waals surface area contributed by atoms with Gasteiger partial charge in [-0.05, 0) is 46.5 Å². The maximum absolute atomic E-state index is 11.7. The molecule has 1 aromatic rings. The van der Waals surface area contributed by atoms with Crippen LogP contribution in [0.4, 0.5) is 5.69 Å². The topological polar surface area (TPSA) is 83.6 Å². The molecule has 1 saturated heterocycles. The molecule has 1 atom stereocenters. The minimum absolute atomic E-state index is 0.0590. The summed E-state index contributed by atoms with van der Waals surface area (Å²) in [5, 5.41) is 9.59. The first-order valence-corrected chi connectivity index (χ1v) is 7.65. The van der Waals surface area contributed by atoms with Crippen molar-refractivity contribution < 1.29 is 14.7 Å². The van der Waals surface area contributed by atoms with E-state index in [4.69, 9.17) is 5.73 Å². The number of hydrogen-bond acceptors (Lipinski definition) is 3. The van der Waals surface area contributed by atoms with Crippen LogP contribution in [0.25, 0.3) is 0 Å². The van der Waals surface area contributed by atoms with Crippen molar-refractivity contribution in [2.24, 2.45) is 17.1 Å². The van der Waals surface area contributed by atoms with Gasteiger partial charge in [-0.1, -0.05) is 13.8 Å². The number of amides is 1. The molecular weight excluding hydrogens is 336 g/mol. The van der Waals surface area contributed by atoms with Crippen LogP contribution in [0.5, 0.6) is 0 Å². The summed E-state index contributed by atoms with van der Waals surface area (Å²) < 4.78 is 0.753. The molecule has 0 radical (unpaired) electrons. The van der Waals surface area contributed by atoms with Crippen LogP contribution in [0, 0.1) is 11.3 Å². The third kappa shape index (κ3) is 2.77. The van der Waals surface area contributed by atoms with Gasteiger partial charge in [0, 0.05) is 23.1 Å². The highest BCUT2D eigenvalue weighted by Crippen LogP contribution is 2.41.